The molecule has 0 radical (unpaired) electrons. The van der Waals surface area contributed by atoms with E-state index >= 15 is 0 Å². The molecule has 0 aromatic heterocycles. The Hall–Kier alpha value is -0.0800. The van der Waals surface area contributed by atoms with Gasteiger partial charge in [0.1, 0.15) is 0 Å². The van der Waals surface area contributed by atoms with Crippen LogP contribution in [0.25, 0.3) is 0 Å². The van der Waals surface area contributed by atoms with Crippen LogP contribution in [0.3, 0.4) is 0 Å². The number of aliphatic hydroxyl groups is 1. The van der Waals surface area contributed by atoms with Gasteiger partial charge in [0.2, 0.25) is 0 Å². The molecule has 2 N–H and O–H groups in total. The van der Waals surface area contributed by atoms with Crippen LogP contribution < -0.4 is 5.32 Å². The second kappa shape index (κ2) is 5.31. The minimum Gasteiger partial charge on any atom is -0.392 e. The van der Waals surface area contributed by atoms with E-state index in [1.807, 2.05) is 0 Å². The van der Waals surface area contributed by atoms with Gasteiger partial charge in [-0.3, -0.25) is 0 Å². The van der Waals surface area contributed by atoms with Gasteiger partial charge in [-0.25, -0.2) is 0 Å². The average molecular weight is 211 g/mol. The summed E-state index contributed by atoms with van der Waals surface area (Å²) in [6.45, 7) is 2.30. The molecule has 2 nitrogen and oxygen atoms in total. The van der Waals surface area contributed by atoms with Gasteiger partial charge in [-0.1, -0.05) is 26.2 Å². The second-order valence-corrected chi connectivity index (χ2v) is 5.33. The number of hydrogen-bond acceptors (Lipinski definition) is 2. The molecule has 0 bridgehead atoms. The van der Waals surface area contributed by atoms with Crippen molar-refractivity contribution in [3.05, 3.63) is 0 Å². The summed E-state index contributed by atoms with van der Waals surface area (Å²) in [6.07, 6.45) is 10.1. The maximum Gasteiger partial charge on any atom is 0.0693 e. The second-order valence-electron chi connectivity index (χ2n) is 5.33. The molecule has 2 aliphatic carbocycles. The summed E-state index contributed by atoms with van der Waals surface area (Å²) in [5.74, 6) is 0.853. The molecule has 2 aliphatic rings. The summed E-state index contributed by atoms with van der Waals surface area (Å²) in [7, 11) is 0. The van der Waals surface area contributed by atoms with E-state index in [1.54, 1.807) is 0 Å². The summed E-state index contributed by atoms with van der Waals surface area (Å²) < 4.78 is 0. The van der Waals surface area contributed by atoms with Crippen LogP contribution in [0.1, 0.15) is 58.3 Å². The van der Waals surface area contributed by atoms with Crippen molar-refractivity contribution in [2.24, 2.45) is 5.92 Å². The van der Waals surface area contributed by atoms with Crippen LogP contribution in [0.2, 0.25) is 0 Å². The minimum atomic E-state index is -0.0792. The van der Waals surface area contributed by atoms with E-state index in [4.69, 9.17) is 0 Å². The molecule has 0 aromatic carbocycles. The maximum atomic E-state index is 9.82. The molecule has 88 valence electrons. The Morgan fingerprint density at radius 1 is 1.00 bits per heavy atom. The van der Waals surface area contributed by atoms with E-state index < -0.39 is 0 Å². The Balaban J connectivity index is 1.85. The predicted octanol–water partition coefficient (Wildman–Crippen LogP) is 2.46. The number of hydrogen-bond donors (Lipinski definition) is 2. The molecule has 2 heteroatoms. The van der Waals surface area contributed by atoms with Crippen molar-refractivity contribution in [3.8, 4) is 0 Å². The molecular weight excluding hydrogens is 186 g/mol. The number of rotatable bonds is 3. The van der Waals surface area contributed by atoms with Gasteiger partial charge in [-0.15, -0.1) is 0 Å². The highest BCUT2D eigenvalue weighted by Gasteiger charge is 2.30. The van der Waals surface area contributed by atoms with Gasteiger partial charge >= 0.3 is 0 Å². The molecule has 0 aromatic rings. The van der Waals surface area contributed by atoms with E-state index in [2.05, 4.69) is 12.2 Å². The maximum absolute atomic E-state index is 9.82. The van der Waals surface area contributed by atoms with Crippen molar-refractivity contribution in [1.29, 1.82) is 0 Å². The van der Waals surface area contributed by atoms with Gasteiger partial charge in [0.25, 0.3) is 0 Å². The molecule has 0 aliphatic heterocycles. The van der Waals surface area contributed by atoms with E-state index in [9.17, 15) is 5.11 Å². The summed E-state index contributed by atoms with van der Waals surface area (Å²) in [5.41, 5.74) is 0. The van der Waals surface area contributed by atoms with E-state index in [1.165, 1.54) is 44.9 Å². The van der Waals surface area contributed by atoms with Gasteiger partial charge in [0.05, 0.1) is 6.10 Å². The minimum absolute atomic E-state index is 0.0792. The molecule has 2 unspecified atom stereocenters. The molecule has 0 saturated heterocycles. The van der Waals surface area contributed by atoms with Crippen LogP contribution in [0.5, 0.6) is 0 Å². The molecule has 2 saturated carbocycles. The fourth-order valence-corrected chi connectivity index (χ4v) is 3.33. The van der Waals surface area contributed by atoms with Gasteiger partial charge in [-0.05, 0) is 38.0 Å². The topological polar surface area (TPSA) is 32.3 Å². The van der Waals surface area contributed by atoms with E-state index in [0.29, 0.717) is 12.1 Å². The highest BCUT2D eigenvalue weighted by Crippen LogP contribution is 2.29. The zero-order valence-corrected chi connectivity index (χ0v) is 9.91. The predicted molar refractivity (Wildman–Crippen MR) is 62.8 cm³/mol. The largest absolute Gasteiger partial charge is 0.392 e. The average Bonchev–Trinajstić information content (AvgIpc) is 2.65. The zero-order chi connectivity index (χ0) is 10.7. The number of aliphatic hydroxyl groups excluding tert-OH is 1. The Bertz CT molecular complexity index is 195. The Morgan fingerprint density at radius 2 is 1.73 bits per heavy atom. The third-order valence-corrected chi connectivity index (χ3v) is 4.34. The van der Waals surface area contributed by atoms with Crippen molar-refractivity contribution in [2.75, 3.05) is 0 Å². The lowest BCUT2D eigenvalue weighted by Crippen LogP contribution is -2.47. The van der Waals surface area contributed by atoms with Crippen molar-refractivity contribution < 1.29 is 5.11 Å². The molecule has 4 atom stereocenters. The van der Waals surface area contributed by atoms with Gasteiger partial charge in [-0.2, -0.15) is 0 Å². The van der Waals surface area contributed by atoms with E-state index in [-0.39, 0.29) is 6.10 Å². The molecule has 0 spiro atoms. The lowest BCUT2D eigenvalue weighted by atomic mass is 9.82. The van der Waals surface area contributed by atoms with Crippen molar-refractivity contribution >= 4 is 0 Å². The Morgan fingerprint density at radius 3 is 2.40 bits per heavy atom. The third kappa shape index (κ3) is 2.73. The highest BCUT2D eigenvalue weighted by atomic mass is 16.3. The van der Waals surface area contributed by atoms with Gasteiger partial charge in [0.15, 0.2) is 0 Å². The van der Waals surface area contributed by atoms with Crippen molar-refractivity contribution in [1.82, 2.24) is 5.32 Å². The van der Waals surface area contributed by atoms with Crippen LogP contribution in [0, 0.1) is 5.92 Å². The zero-order valence-electron chi connectivity index (χ0n) is 9.91. The quantitative estimate of drug-likeness (QED) is 0.751. The molecule has 0 amide bonds. The number of nitrogens with one attached hydrogen (secondary N) is 1. The first-order valence-electron chi connectivity index (χ1n) is 6.75. The molecular formula is C13H25NO. The Labute approximate surface area is 93.5 Å². The van der Waals surface area contributed by atoms with Crippen molar-refractivity contribution in [3.63, 3.8) is 0 Å². The first-order valence-corrected chi connectivity index (χ1v) is 6.75. The fourth-order valence-electron chi connectivity index (χ4n) is 3.33. The van der Waals surface area contributed by atoms with Crippen LogP contribution in [0.15, 0.2) is 0 Å². The third-order valence-electron chi connectivity index (χ3n) is 4.34. The lowest BCUT2D eigenvalue weighted by molar-refractivity contribution is 0.126. The highest BCUT2D eigenvalue weighted by molar-refractivity contribution is 4.89. The first-order chi connectivity index (χ1) is 7.31. The molecule has 2 fully saturated rings. The molecule has 2 rings (SSSR count). The fraction of sp³-hybridized carbons (Fsp3) is 1.00. The normalized spacial score (nSPS) is 42.0. The summed E-state index contributed by atoms with van der Waals surface area (Å²) >= 11 is 0. The first kappa shape index (κ1) is 11.4. The monoisotopic (exact) mass is 211 g/mol. The SMILES string of the molecule is CCC1CCCCC1N[C@@H]1CCC[C@H]1O. The molecule has 15 heavy (non-hydrogen) atoms. The van der Waals surface area contributed by atoms with Crippen LogP contribution in [-0.2, 0) is 0 Å². The smallest absolute Gasteiger partial charge is 0.0693 e. The van der Waals surface area contributed by atoms with Gasteiger partial charge in [0, 0.05) is 12.1 Å². The summed E-state index contributed by atoms with van der Waals surface area (Å²) in [5, 5.41) is 13.5. The van der Waals surface area contributed by atoms with Crippen LogP contribution in [0.4, 0.5) is 0 Å². The van der Waals surface area contributed by atoms with Crippen LogP contribution in [-0.4, -0.2) is 23.3 Å². The molecule has 0 heterocycles. The summed E-state index contributed by atoms with van der Waals surface area (Å²) in [4.78, 5) is 0. The standard InChI is InChI=1S/C13H25NO/c1-2-10-6-3-4-7-11(10)14-12-8-5-9-13(12)15/h10-15H,2-9H2,1H3/t10?,11?,12-,13-/m1/s1. The van der Waals surface area contributed by atoms with Crippen molar-refractivity contribution in [2.45, 2.75) is 76.5 Å². The van der Waals surface area contributed by atoms with Gasteiger partial charge < -0.3 is 10.4 Å². The summed E-state index contributed by atoms with van der Waals surface area (Å²) in [6, 6.07) is 1.07. The Kier molecular flexibility index (Phi) is 4.04. The van der Waals surface area contributed by atoms with Crippen LogP contribution >= 0.6 is 0 Å². The van der Waals surface area contributed by atoms with E-state index in [0.717, 1.165) is 12.3 Å². The lowest BCUT2D eigenvalue weighted by Gasteiger charge is -2.34.